The van der Waals surface area contributed by atoms with E-state index in [2.05, 4.69) is 4.98 Å². The lowest BCUT2D eigenvalue weighted by molar-refractivity contribution is -0.268. The maximum atomic E-state index is 12.2. The number of benzene rings is 3. The second-order valence-electron chi connectivity index (χ2n) is 10.2. The zero-order valence-electron chi connectivity index (χ0n) is 23.7. The Labute approximate surface area is 247 Å². The van der Waals surface area contributed by atoms with Gasteiger partial charge in [0.15, 0.2) is 6.10 Å². The van der Waals surface area contributed by atoms with Crippen molar-refractivity contribution in [3.8, 4) is 17.5 Å². The van der Waals surface area contributed by atoms with Crippen LogP contribution in [-0.4, -0.2) is 59.8 Å². The molecule has 4 aromatic rings. The van der Waals surface area contributed by atoms with E-state index < -0.39 is 41.4 Å². The monoisotopic (exact) mass is 586 g/mol. The Balaban J connectivity index is 1.44. The number of hydrogen-bond acceptors (Lipinski definition) is 10. The first-order chi connectivity index (χ1) is 20.8. The number of ether oxygens (including phenoxy) is 6. The lowest BCUT2D eigenvalue weighted by Crippen LogP contribution is -2.45. The zero-order chi connectivity index (χ0) is 30.2. The summed E-state index contributed by atoms with van der Waals surface area (Å²) in [6.07, 6.45) is -1.96. The Morgan fingerprint density at radius 3 is 2.07 bits per heavy atom. The summed E-state index contributed by atoms with van der Waals surface area (Å²) >= 11 is 0. The average molecular weight is 587 g/mol. The lowest BCUT2D eigenvalue weighted by atomic mass is 9.80. The third-order valence-electron chi connectivity index (χ3n) is 7.66. The van der Waals surface area contributed by atoms with E-state index in [-0.39, 0.29) is 12.6 Å². The topological polar surface area (TPSA) is 128 Å². The molecule has 0 unspecified atom stereocenters. The van der Waals surface area contributed by atoms with E-state index in [1.807, 2.05) is 78.9 Å². The van der Waals surface area contributed by atoms with Gasteiger partial charge in [-0.25, -0.2) is 4.57 Å². The van der Waals surface area contributed by atoms with Crippen LogP contribution >= 0.6 is 0 Å². The summed E-state index contributed by atoms with van der Waals surface area (Å²) in [4.78, 5) is 27.8. The molecule has 11 heteroatoms. The summed E-state index contributed by atoms with van der Waals surface area (Å²) < 4.78 is 36.5. The van der Waals surface area contributed by atoms with E-state index in [0.717, 1.165) is 16.7 Å². The van der Waals surface area contributed by atoms with Crippen molar-refractivity contribution >= 4 is 5.97 Å². The van der Waals surface area contributed by atoms with Crippen molar-refractivity contribution in [3.63, 3.8) is 0 Å². The number of carbonyl (C=O) groups excluding carboxylic acids is 1. The Morgan fingerprint density at radius 2 is 1.51 bits per heavy atom. The van der Waals surface area contributed by atoms with Crippen LogP contribution in [0.25, 0.3) is 0 Å². The Hall–Kier alpha value is -4.71. The highest BCUT2D eigenvalue weighted by Gasteiger charge is 2.64. The number of nitrogens with zero attached hydrogens (tertiary/aromatic N) is 2. The second-order valence-corrected chi connectivity index (χ2v) is 10.2. The summed E-state index contributed by atoms with van der Waals surface area (Å²) in [5.41, 5.74) is 0.650. The fourth-order valence-corrected chi connectivity index (χ4v) is 5.67. The molecule has 0 bridgehead atoms. The smallest absolute Gasteiger partial charge is 0.304 e. The molecule has 3 heterocycles. The van der Waals surface area contributed by atoms with Crippen LogP contribution in [0.2, 0.25) is 0 Å². The van der Waals surface area contributed by atoms with Gasteiger partial charge in [0.05, 0.1) is 20.8 Å². The molecule has 0 amide bonds. The molecule has 2 aliphatic heterocycles. The Kier molecular flexibility index (Phi) is 7.38. The molecule has 43 heavy (non-hydrogen) atoms. The summed E-state index contributed by atoms with van der Waals surface area (Å²) in [5, 5.41) is 11.6. The van der Waals surface area contributed by atoms with Crippen LogP contribution in [0.3, 0.4) is 0 Å². The molecule has 0 radical (unpaired) electrons. The molecule has 11 nitrogen and oxygen atoms in total. The lowest BCUT2D eigenvalue weighted by Gasteiger charge is -2.37. The van der Waals surface area contributed by atoms with Gasteiger partial charge in [0, 0.05) is 19.2 Å². The van der Waals surface area contributed by atoms with Crippen LogP contribution in [0, 0.1) is 0 Å². The van der Waals surface area contributed by atoms with Gasteiger partial charge < -0.3 is 33.5 Å². The first-order valence-corrected chi connectivity index (χ1v) is 13.6. The maximum absolute atomic E-state index is 12.2. The number of fused-ring (bicyclic) bond motifs is 3. The fourth-order valence-electron chi connectivity index (χ4n) is 5.67. The molecular weight excluding hydrogens is 556 g/mol. The van der Waals surface area contributed by atoms with E-state index in [1.54, 1.807) is 14.2 Å². The van der Waals surface area contributed by atoms with E-state index in [1.165, 1.54) is 23.8 Å². The molecule has 0 spiro atoms. The van der Waals surface area contributed by atoms with Gasteiger partial charge in [-0.3, -0.25) is 9.59 Å². The van der Waals surface area contributed by atoms with Crippen molar-refractivity contribution in [1.29, 1.82) is 0 Å². The Bertz CT molecular complexity index is 1610. The van der Waals surface area contributed by atoms with Crippen molar-refractivity contribution in [2.45, 2.75) is 36.7 Å². The molecule has 222 valence electrons. The minimum Gasteiger partial charge on any atom is -0.497 e. The average Bonchev–Trinajstić information content (AvgIpc) is 3.45. The first kappa shape index (κ1) is 28.4. The summed E-state index contributed by atoms with van der Waals surface area (Å²) in [5.74, 6) is -1.36. The predicted molar refractivity (Wildman–Crippen MR) is 152 cm³/mol. The number of carbonyl (C=O) groups is 1. The first-order valence-electron chi connectivity index (χ1n) is 13.6. The third-order valence-corrected chi connectivity index (χ3v) is 7.66. The molecule has 2 aliphatic rings. The molecule has 1 fully saturated rings. The quantitative estimate of drug-likeness (QED) is 0.231. The molecule has 1 N–H and O–H groups in total. The number of rotatable bonds is 9. The molecular formula is C32H30N2O9. The van der Waals surface area contributed by atoms with Crippen molar-refractivity contribution in [2.75, 3.05) is 20.8 Å². The van der Waals surface area contributed by atoms with Crippen LogP contribution in [-0.2, 0) is 30.5 Å². The maximum Gasteiger partial charge on any atom is 0.304 e. The van der Waals surface area contributed by atoms with E-state index >= 15 is 0 Å². The van der Waals surface area contributed by atoms with Gasteiger partial charge in [-0.15, -0.1) is 0 Å². The zero-order valence-corrected chi connectivity index (χ0v) is 23.7. The molecule has 1 saturated heterocycles. The second kappa shape index (κ2) is 11.2. The van der Waals surface area contributed by atoms with Gasteiger partial charge in [0.2, 0.25) is 6.10 Å². The van der Waals surface area contributed by atoms with Crippen molar-refractivity contribution in [2.24, 2.45) is 0 Å². The third kappa shape index (κ3) is 4.91. The highest BCUT2D eigenvalue weighted by Crippen LogP contribution is 2.46. The molecule has 0 saturated carbocycles. The fraction of sp³-hybridized carbons (Fsp3) is 0.281. The summed E-state index contributed by atoms with van der Waals surface area (Å²) in [6.45, 7) is 1.11. The molecule has 1 aromatic heterocycles. The number of methoxy groups -OCH3 is 2. The number of hydrogen-bond donors (Lipinski definition) is 1. The number of aliphatic hydroxyl groups is 1. The molecule has 6 rings (SSSR count). The standard InChI is InChI=1S/C32H30N2O9/c1-20(35)41-28-26(43-32(37)29(28)42-30-33-27(36)17-18-34(30)32)19-40-31(21-7-5-4-6-8-21,22-9-13-24(38-2)14-10-22)23-11-15-25(39-3)16-12-23/h4-18,26,28-29,37H,19H2,1-3H3/t26-,28-,29+,32+/m1/s1. The number of esters is 1. The minimum atomic E-state index is -2.10. The van der Waals surface area contributed by atoms with Crippen molar-refractivity contribution in [1.82, 2.24) is 9.55 Å². The van der Waals surface area contributed by atoms with Crippen LogP contribution in [0.1, 0.15) is 23.6 Å². The van der Waals surface area contributed by atoms with Gasteiger partial charge in [-0.1, -0.05) is 54.6 Å². The van der Waals surface area contributed by atoms with Crippen molar-refractivity contribution < 1.29 is 38.3 Å². The number of aromatic nitrogens is 2. The summed E-state index contributed by atoms with van der Waals surface area (Å²) in [6, 6.07) is 25.7. The van der Waals surface area contributed by atoms with E-state index in [0.29, 0.717) is 11.5 Å². The minimum absolute atomic E-state index is 0.143. The van der Waals surface area contributed by atoms with Gasteiger partial charge in [-0.2, -0.15) is 4.98 Å². The highest BCUT2D eigenvalue weighted by molar-refractivity contribution is 5.66. The molecule has 4 atom stereocenters. The van der Waals surface area contributed by atoms with Gasteiger partial charge in [0.1, 0.15) is 23.2 Å². The van der Waals surface area contributed by atoms with Gasteiger partial charge in [-0.05, 0) is 41.0 Å². The highest BCUT2D eigenvalue weighted by atomic mass is 16.7. The van der Waals surface area contributed by atoms with Gasteiger partial charge in [0.25, 0.3) is 11.5 Å². The Morgan fingerprint density at radius 1 is 0.930 bits per heavy atom. The molecule has 0 aliphatic carbocycles. The normalized spacial score (nSPS) is 22.3. The largest absolute Gasteiger partial charge is 0.497 e. The predicted octanol–water partition coefficient (Wildman–Crippen LogP) is 2.96. The molecule has 3 aromatic carbocycles. The van der Waals surface area contributed by atoms with Crippen molar-refractivity contribution in [3.05, 3.63) is 118 Å². The van der Waals surface area contributed by atoms with E-state index in [9.17, 15) is 14.7 Å². The van der Waals surface area contributed by atoms with Crippen LogP contribution in [0.4, 0.5) is 0 Å². The van der Waals surface area contributed by atoms with Crippen LogP contribution in [0.15, 0.2) is 95.9 Å². The SMILES string of the molecule is COc1ccc(C(OC[C@H]2O[C@@]3(O)[C@@H](Oc4nc(=O)ccn43)[C@@H]2OC(C)=O)(c2ccccc2)c2ccc(OC)cc2)cc1. The van der Waals surface area contributed by atoms with Gasteiger partial charge >= 0.3 is 12.0 Å². The van der Waals surface area contributed by atoms with E-state index in [4.69, 9.17) is 28.4 Å². The summed E-state index contributed by atoms with van der Waals surface area (Å²) in [7, 11) is 3.19. The van der Waals surface area contributed by atoms with Crippen LogP contribution < -0.4 is 19.8 Å². The van der Waals surface area contributed by atoms with Crippen LogP contribution in [0.5, 0.6) is 17.5 Å².